The van der Waals surface area contributed by atoms with E-state index >= 15 is 0 Å². The zero-order valence-electron chi connectivity index (χ0n) is 40.0. The van der Waals surface area contributed by atoms with Crippen LogP contribution in [0.25, 0.3) is 11.1 Å². The predicted octanol–water partition coefficient (Wildman–Crippen LogP) is 16.6. The van der Waals surface area contributed by atoms with Gasteiger partial charge in [0.15, 0.2) is 11.5 Å². The number of rotatable bonds is 31. The lowest BCUT2D eigenvalue weighted by Gasteiger charge is -2.23. The molecule has 2 atom stereocenters. The number of nitro groups is 1. The second kappa shape index (κ2) is 29.0. The Balaban J connectivity index is 1.57. The molecule has 4 aromatic carbocycles. The number of benzene rings is 4. The molecule has 4 rings (SSSR count). The maximum absolute atomic E-state index is 13.9. The Morgan fingerprint density at radius 1 is 0.646 bits per heavy atom. The van der Waals surface area contributed by atoms with Gasteiger partial charge in [-0.15, -0.1) is 10.2 Å². The third-order valence-electron chi connectivity index (χ3n) is 11.4. The molecule has 0 saturated carbocycles. The van der Waals surface area contributed by atoms with Crippen LogP contribution in [0.5, 0.6) is 23.0 Å². The van der Waals surface area contributed by atoms with Gasteiger partial charge < -0.3 is 23.8 Å². The first kappa shape index (κ1) is 52.9. The fraction of sp³-hybridized carbons (Fsp3) is 0.528. The first-order valence-electron chi connectivity index (χ1n) is 24.1. The highest BCUT2D eigenvalue weighted by Crippen LogP contribution is 2.43. The Kier molecular flexibility index (Phi) is 23.6. The van der Waals surface area contributed by atoms with Crippen molar-refractivity contribution in [2.24, 2.45) is 10.2 Å². The van der Waals surface area contributed by atoms with E-state index < -0.39 is 10.9 Å². The highest BCUT2D eigenvalue weighted by Gasteiger charge is 2.22. The lowest BCUT2D eigenvalue weighted by atomic mass is 10.0. The van der Waals surface area contributed by atoms with Crippen molar-refractivity contribution in [2.45, 2.75) is 162 Å². The van der Waals surface area contributed by atoms with Gasteiger partial charge in [0.2, 0.25) is 0 Å². The molecule has 65 heavy (non-hydrogen) atoms. The summed E-state index contributed by atoms with van der Waals surface area (Å²) in [6.45, 7) is 11.3. The van der Waals surface area contributed by atoms with Gasteiger partial charge in [-0.1, -0.05) is 129 Å². The summed E-state index contributed by atoms with van der Waals surface area (Å²) in [6.07, 6.45) is 20.3. The number of hydrogen-bond acceptors (Lipinski definition) is 10. The first-order chi connectivity index (χ1) is 31.4. The molecule has 0 amide bonds. The predicted molar refractivity (Wildman–Crippen MR) is 273 cm³/mol. The van der Waals surface area contributed by atoms with Gasteiger partial charge in [0, 0.05) is 26.2 Å². The second-order valence-corrected chi connectivity index (χ2v) is 18.4. The van der Waals surface area contributed by atoms with Crippen LogP contribution in [0.15, 0.2) is 83.0 Å². The van der Waals surface area contributed by atoms with Crippen molar-refractivity contribution >= 4 is 51.3 Å². The van der Waals surface area contributed by atoms with E-state index in [1.807, 2.05) is 84.9 Å². The highest BCUT2D eigenvalue weighted by atomic mass is 127. The third kappa shape index (κ3) is 18.2. The fourth-order valence-electron chi connectivity index (χ4n) is 7.49. The quantitative estimate of drug-likeness (QED) is 0.00928. The van der Waals surface area contributed by atoms with Crippen molar-refractivity contribution in [3.05, 3.63) is 92.0 Å². The molecule has 0 bridgehead atoms. The fourth-order valence-corrected chi connectivity index (χ4v) is 8.14. The molecule has 2 unspecified atom stereocenters. The normalized spacial score (nSPS) is 12.2. The Labute approximate surface area is 402 Å². The van der Waals surface area contributed by atoms with Crippen LogP contribution < -0.4 is 23.8 Å². The molecule has 0 aliphatic carbocycles. The Morgan fingerprint density at radius 3 is 1.68 bits per heavy atom. The monoisotopic (exact) mass is 1000 g/mol. The number of nitrogens with zero attached hydrogens (tertiary/aromatic N) is 4. The van der Waals surface area contributed by atoms with Crippen LogP contribution in [-0.2, 0) is 0 Å². The Bertz CT molecular complexity index is 2070. The Morgan fingerprint density at radius 2 is 1.14 bits per heavy atom. The van der Waals surface area contributed by atoms with Crippen molar-refractivity contribution in [1.29, 1.82) is 0 Å². The zero-order valence-corrected chi connectivity index (χ0v) is 42.2. The lowest BCUT2D eigenvalue weighted by Crippen LogP contribution is -2.16. The van der Waals surface area contributed by atoms with Gasteiger partial charge >= 0.3 is 5.97 Å². The van der Waals surface area contributed by atoms with Crippen LogP contribution >= 0.6 is 22.6 Å². The average Bonchev–Trinajstić information content (AvgIpc) is 3.29. The molecule has 0 saturated heterocycles. The Hall–Kier alpha value is -4.72. The molecule has 0 radical (unpaired) electrons. The van der Waals surface area contributed by atoms with E-state index in [1.165, 1.54) is 57.4 Å². The van der Waals surface area contributed by atoms with E-state index in [0.29, 0.717) is 32.9 Å². The molecule has 0 fully saturated rings. The van der Waals surface area contributed by atoms with Crippen LogP contribution in [0.4, 0.5) is 22.7 Å². The van der Waals surface area contributed by atoms with Gasteiger partial charge in [0.25, 0.3) is 5.69 Å². The maximum Gasteiger partial charge on any atom is 0.343 e. The SMILES string of the molecule is CCCCCCCCCCOc1ccc(-c2ccc(C(=O)Oc3cc(N(C)C)c(OC(C)CCCCCC)cc3N=Nc3cc(I)c([N+](=O)[O-])cc3OC(C)CCCCCC)cc2)cc1. The summed E-state index contributed by atoms with van der Waals surface area (Å²) in [4.78, 5) is 27.3. The molecule has 0 N–H and O–H groups in total. The van der Waals surface area contributed by atoms with Crippen molar-refractivity contribution in [3.63, 3.8) is 0 Å². The topological polar surface area (TPSA) is 125 Å². The van der Waals surface area contributed by atoms with Gasteiger partial charge in [-0.3, -0.25) is 10.1 Å². The van der Waals surface area contributed by atoms with Crippen LogP contribution in [0.2, 0.25) is 0 Å². The summed E-state index contributed by atoms with van der Waals surface area (Å²) in [7, 11) is 3.81. The summed E-state index contributed by atoms with van der Waals surface area (Å²) in [5.74, 6) is 1.28. The summed E-state index contributed by atoms with van der Waals surface area (Å²) >= 11 is 1.93. The number of nitro benzene ring substituents is 1. The van der Waals surface area contributed by atoms with Crippen molar-refractivity contribution in [2.75, 3.05) is 25.6 Å². The molecule has 4 aromatic rings. The van der Waals surface area contributed by atoms with Crippen molar-refractivity contribution in [3.8, 4) is 34.1 Å². The van der Waals surface area contributed by atoms with Gasteiger partial charge in [-0.25, -0.2) is 4.79 Å². The van der Waals surface area contributed by atoms with Crippen LogP contribution in [0.3, 0.4) is 0 Å². The van der Waals surface area contributed by atoms with E-state index in [-0.39, 0.29) is 35.1 Å². The molecule has 0 spiro atoms. The van der Waals surface area contributed by atoms with E-state index in [2.05, 4.69) is 37.9 Å². The summed E-state index contributed by atoms with van der Waals surface area (Å²) in [6, 6.07) is 21.8. The molecule has 11 nitrogen and oxygen atoms in total. The molecule has 0 aliphatic rings. The zero-order chi connectivity index (χ0) is 47.0. The minimum absolute atomic E-state index is 0.0762. The largest absolute Gasteiger partial charge is 0.494 e. The number of halogens is 1. The number of esters is 1. The maximum atomic E-state index is 13.9. The van der Waals surface area contributed by atoms with E-state index in [1.54, 1.807) is 30.3 Å². The van der Waals surface area contributed by atoms with Gasteiger partial charge in [0.1, 0.15) is 22.9 Å². The van der Waals surface area contributed by atoms with Crippen molar-refractivity contribution < 1.29 is 28.7 Å². The van der Waals surface area contributed by atoms with Gasteiger partial charge in [-0.05, 0) is 110 Å². The molecular formula is C53H73IN4O7. The van der Waals surface area contributed by atoms with Crippen LogP contribution in [-0.4, -0.2) is 43.8 Å². The smallest absolute Gasteiger partial charge is 0.343 e. The number of anilines is 1. The lowest BCUT2D eigenvalue weighted by molar-refractivity contribution is -0.385. The second-order valence-electron chi connectivity index (χ2n) is 17.3. The van der Waals surface area contributed by atoms with Gasteiger partial charge in [-0.2, -0.15) is 0 Å². The van der Waals surface area contributed by atoms with E-state index in [4.69, 9.17) is 18.9 Å². The van der Waals surface area contributed by atoms with Crippen molar-refractivity contribution in [1.82, 2.24) is 0 Å². The molecule has 12 heteroatoms. The molecule has 0 aliphatic heterocycles. The third-order valence-corrected chi connectivity index (χ3v) is 12.2. The highest BCUT2D eigenvalue weighted by molar-refractivity contribution is 14.1. The van der Waals surface area contributed by atoms with Crippen LogP contribution in [0, 0.1) is 13.7 Å². The standard InChI is InChI=1S/C53H73IN4O7/c1-8-11-14-17-18-19-20-23-34-62-44-32-30-42(31-33-44)41-26-28-43(29-27-41)53(59)65-51-38-49(57(6)7)52(64-40(5)25-22-16-13-10-3)36-47(51)56-55-46-35-45(54)48(58(60)61)37-50(46)63-39(4)24-21-15-12-9-2/h26-33,35-40H,8-25,34H2,1-7H3. The number of carbonyl (C=O) groups is 1. The number of hydrogen-bond donors (Lipinski definition) is 0. The average molecular weight is 1010 g/mol. The summed E-state index contributed by atoms with van der Waals surface area (Å²) < 4.78 is 25.4. The molecular weight excluding hydrogens is 932 g/mol. The first-order valence-corrected chi connectivity index (χ1v) is 25.2. The van der Waals surface area contributed by atoms with E-state index in [0.717, 1.165) is 81.1 Å². The van der Waals surface area contributed by atoms with Crippen LogP contribution in [0.1, 0.15) is 161 Å². The minimum atomic E-state index is -0.564. The minimum Gasteiger partial charge on any atom is -0.494 e. The number of ether oxygens (including phenoxy) is 4. The molecule has 354 valence electrons. The van der Waals surface area contributed by atoms with Gasteiger partial charge in [0.05, 0.1) is 44.6 Å². The summed E-state index contributed by atoms with van der Waals surface area (Å²) in [5, 5.41) is 21.2. The number of carbonyl (C=O) groups excluding carboxylic acids is 1. The number of unbranched alkanes of at least 4 members (excludes halogenated alkanes) is 13. The molecule has 0 heterocycles. The molecule has 0 aromatic heterocycles. The number of azo groups is 1. The summed E-state index contributed by atoms with van der Waals surface area (Å²) in [5.41, 5.74) is 3.53. The van der Waals surface area contributed by atoms with E-state index in [9.17, 15) is 14.9 Å².